The van der Waals surface area contributed by atoms with E-state index in [0.717, 1.165) is 0 Å². The second kappa shape index (κ2) is 4.80. The molecule has 0 aliphatic carbocycles. The standard InChI is InChI=1S/C11H13ClN2OS/c1-11(2,10(13)16)14-9(15)7-4-3-5-8(12)6-7/h3-6H,1-2H3,(H2,13,16)(H,14,15). The number of carbonyl (C=O) groups is 1. The van der Waals surface area contributed by atoms with Gasteiger partial charge in [-0.2, -0.15) is 0 Å². The number of nitrogens with two attached hydrogens (primary N) is 1. The topological polar surface area (TPSA) is 55.1 Å². The van der Waals surface area contributed by atoms with E-state index in [0.29, 0.717) is 10.6 Å². The fourth-order valence-corrected chi connectivity index (χ4v) is 1.29. The predicted molar refractivity (Wildman–Crippen MR) is 69.8 cm³/mol. The molecule has 0 saturated heterocycles. The molecule has 0 saturated carbocycles. The molecule has 5 heteroatoms. The summed E-state index contributed by atoms with van der Waals surface area (Å²) in [5, 5.41) is 3.25. The Balaban J connectivity index is 2.85. The quantitative estimate of drug-likeness (QED) is 0.815. The average Bonchev–Trinajstić information content (AvgIpc) is 2.16. The van der Waals surface area contributed by atoms with E-state index < -0.39 is 5.54 Å². The molecule has 1 rings (SSSR count). The van der Waals surface area contributed by atoms with Crippen LogP contribution in [-0.2, 0) is 0 Å². The molecule has 0 unspecified atom stereocenters. The maximum atomic E-state index is 11.8. The van der Waals surface area contributed by atoms with Crippen molar-refractivity contribution in [3.05, 3.63) is 34.9 Å². The lowest BCUT2D eigenvalue weighted by atomic mass is 10.1. The minimum atomic E-state index is -0.714. The van der Waals surface area contributed by atoms with Crippen molar-refractivity contribution in [1.82, 2.24) is 5.32 Å². The summed E-state index contributed by atoms with van der Waals surface area (Å²) in [7, 11) is 0. The fraction of sp³-hybridized carbons (Fsp3) is 0.273. The zero-order valence-corrected chi connectivity index (χ0v) is 10.7. The van der Waals surface area contributed by atoms with Gasteiger partial charge in [0, 0.05) is 10.6 Å². The molecule has 3 nitrogen and oxygen atoms in total. The molecular formula is C11H13ClN2OS. The fourth-order valence-electron chi connectivity index (χ4n) is 1.05. The summed E-state index contributed by atoms with van der Waals surface area (Å²) in [5.74, 6) is -0.250. The van der Waals surface area contributed by atoms with Crippen molar-refractivity contribution in [3.8, 4) is 0 Å². The lowest BCUT2D eigenvalue weighted by Gasteiger charge is -2.24. The predicted octanol–water partition coefficient (Wildman–Crippen LogP) is 2.13. The first-order valence-electron chi connectivity index (χ1n) is 4.71. The first-order valence-corrected chi connectivity index (χ1v) is 5.49. The second-order valence-corrected chi connectivity index (χ2v) is 4.83. The Kier molecular flexibility index (Phi) is 3.88. The third kappa shape index (κ3) is 3.18. The summed E-state index contributed by atoms with van der Waals surface area (Å²) < 4.78 is 0. The van der Waals surface area contributed by atoms with Gasteiger partial charge in [-0.05, 0) is 32.0 Å². The van der Waals surface area contributed by atoms with Gasteiger partial charge in [-0.3, -0.25) is 4.79 Å². The summed E-state index contributed by atoms with van der Waals surface area (Å²) in [5.41, 5.74) is 5.29. The number of halogens is 1. The van der Waals surface area contributed by atoms with E-state index in [2.05, 4.69) is 5.32 Å². The van der Waals surface area contributed by atoms with E-state index in [1.807, 2.05) is 0 Å². The highest BCUT2D eigenvalue weighted by molar-refractivity contribution is 7.80. The Hall–Kier alpha value is -1.13. The average molecular weight is 257 g/mol. The van der Waals surface area contributed by atoms with Crippen LogP contribution in [-0.4, -0.2) is 16.4 Å². The van der Waals surface area contributed by atoms with Crippen LogP contribution in [0.3, 0.4) is 0 Å². The molecule has 86 valence electrons. The largest absolute Gasteiger partial charge is 0.391 e. The van der Waals surface area contributed by atoms with Gasteiger partial charge in [-0.25, -0.2) is 0 Å². The molecule has 0 fully saturated rings. The van der Waals surface area contributed by atoms with Gasteiger partial charge in [0.2, 0.25) is 0 Å². The zero-order valence-electron chi connectivity index (χ0n) is 9.08. The van der Waals surface area contributed by atoms with Crippen LogP contribution in [0.2, 0.25) is 5.02 Å². The van der Waals surface area contributed by atoms with Crippen LogP contribution >= 0.6 is 23.8 Å². The minimum Gasteiger partial charge on any atom is -0.391 e. The Labute approximate surface area is 105 Å². The SMILES string of the molecule is CC(C)(NC(=O)c1cccc(Cl)c1)C(N)=S. The number of carbonyl (C=O) groups excluding carboxylic acids is 1. The maximum absolute atomic E-state index is 11.8. The molecule has 1 amide bonds. The highest BCUT2D eigenvalue weighted by Gasteiger charge is 2.24. The van der Waals surface area contributed by atoms with E-state index in [1.165, 1.54) is 0 Å². The molecule has 0 radical (unpaired) electrons. The summed E-state index contributed by atoms with van der Waals surface area (Å²) in [6, 6.07) is 6.69. The van der Waals surface area contributed by atoms with Crippen molar-refractivity contribution >= 4 is 34.7 Å². The molecule has 0 aliphatic heterocycles. The Morgan fingerprint density at radius 2 is 2.12 bits per heavy atom. The van der Waals surface area contributed by atoms with Gasteiger partial charge in [0.1, 0.15) is 0 Å². The Bertz CT molecular complexity index is 432. The van der Waals surface area contributed by atoms with Gasteiger partial charge in [-0.1, -0.05) is 29.9 Å². The van der Waals surface area contributed by atoms with E-state index in [4.69, 9.17) is 29.6 Å². The number of thiocarbonyl (C=S) groups is 1. The third-order valence-electron chi connectivity index (χ3n) is 2.13. The second-order valence-electron chi connectivity index (χ2n) is 3.95. The van der Waals surface area contributed by atoms with Gasteiger partial charge < -0.3 is 11.1 Å². The van der Waals surface area contributed by atoms with E-state index in [1.54, 1.807) is 38.1 Å². The summed E-state index contributed by atoms with van der Waals surface area (Å²) in [6.07, 6.45) is 0. The van der Waals surface area contributed by atoms with Crippen molar-refractivity contribution < 1.29 is 4.79 Å². The van der Waals surface area contributed by atoms with Crippen molar-refractivity contribution in [3.63, 3.8) is 0 Å². The first-order chi connectivity index (χ1) is 7.33. The number of nitrogens with one attached hydrogen (secondary N) is 1. The van der Waals surface area contributed by atoms with Crippen LogP contribution in [0.25, 0.3) is 0 Å². The smallest absolute Gasteiger partial charge is 0.252 e. The van der Waals surface area contributed by atoms with Crippen LogP contribution in [0.5, 0.6) is 0 Å². The molecule has 1 aromatic carbocycles. The monoisotopic (exact) mass is 256 g/mol. The molecule has 0 bridgehead atoms. The van der Waals surface area contributed by atoms with Gasteiger partial charge in [-0.15, -0.1) is 0 Å². The summed E-state index contributed by atoms with van der Waals surface area (Å²) >= 11 is 10.7. The van der Waals surface area contributed by atoms with Crippen LogP contribution in [0.4, 0.5) is 0 Å². The zero-order chi connectivity index (χ0) is 12.3. The van der Waals surface area contributed by atoms with Gasteiger partial charge >= 0.3 is 0 Å². The Morgan fingerprint density at radius 1 is 1.50 bits per heavy atom. The number of rotatable bonds is 3. The molecular weight excluding hydrogens is 244 g/mol. The van der Waals surface area contributed by atoms with Crippen molar-refractivity contribution in [2.24, 2.45) is 5.73 Å². The van der Waals surface area contributed by atoms with Crippen molar-refractivity contribution in [2.75, 3.05) is 0 Å². The van der Waals surface area contributed by atoms with Gasteiger partial charge in [0.25, 0.3) is 5.91 Å². The normalized spacial score (nSPS) is 10.9. The molecule has 0 spiro atoms. The number of benzene rings is 1. The first kappa shape index (κ1) is 12.9. The van der Waals surface area contributed by atoms with Gasteiger partial charge in [0.05, 0.1) is 10.5 Å². The molecule has 0 heterocycles. The van der Waals surface area contributed by atoms with Crippen LogP contribution in [0.1, 0.15) is 24.2 Å². The molecule has 0 aromatic heterocycles. The van der Waals surface area contributed by atoms with Crippen molar-refractivity contribution in [2.45, 2.75) is 19.4 Å². The van der Waals surface area contributed by atoms with Crippen LogP contribution in [0, 0.1) is 0 Å². The lowest BCUT2D eigenvalue weighted by Crippen LogP contribution is -2.52. The summed E-state index contributed by atoms with van der Waals surface area (Å²) in [4.78, 5) is 12.1. The summed E-state index contributed by atoms with van der Waals surface area (Å²) in [6.45, 7) is 3.50. The molecule has 3 N–H and O–H groups in total. The maximum Gasteiger partial charge on any atom is 0.252 e. The number of hydrogen-bond acceptors (Lipinski definition) is 2. The Morgan fingerprint density at radius 3 is 2.62 bits per heavy atom. The van der Waals surface area contributed by atoms with E-state index in [-0.39, 0.29) is 10.9 Å². The van der Waals surface area contributed by atoms with Crippen LogP contribution in [0.15, 0.2) is 24.3 Å². The van der Waals surface area contributed by atoms with Gasteiger partial charge in [0.15, 0.2) is 0 Å². The highest BCUT2D eigenvalue weighted by atomic mass is 35.5. The minimum absolute atomic E-state index is 0.239. The lowest BCUT2D eigenvalue weighted by molar-refractivity contribution is 0.0932. The highest BCUT2D eigenvalue weighted by Crippen LogP contribution is 2.12. The number of hydrogen-bond donors (Lipinski definition) is 2. The molecule has 0 aliphatic rings. The van der Waals surface area contributed by atoms with E-state index >= 15 is 0 Å². The third-order valence-corrected chi connectivity index (χ3v) is 2.87. The molecule has 1 aromatic rings. The van der Waals surface area contributed by atoms with Crippen LogP contribution < -0.4 is 11.1 Å². The number of amides is 1. The van der Waals surface area contributed by atoms with Crippen molar-refractivity contribution in [1.29, 1.82) is 0 Å². The molecule has 16 heavy (non-hydrogen) atoms. The molecule has 0 atom stereocenters. The van der Waals surface area contributed by atoms with E-state index in [9.17, 15) is 4.79 Å².